The fourth-order valence-electron chi connectivity index (χ4n) is 2.77. The highest BCUT2D eigenvalue weighted by Crippen LogP contribution is 2.27. The van der Waals surface area contributed by atoms with Gasteiger partial charge in [0.25, 0.3) is 0 Å². The van der Waals surface area contributed by atoms with E-state index in [0.29, 0.717) is 40.6 Å². The van der Waals surface area contributed by atoms with Gasteiger partial charge in [0, 0.05) is 0 Å². The van der Waals surface area contributed by atoms with Crippen LogP contribution in [0.4, 0.5) is 5.95 Å². The van der Waals surface area contributed by atoms with Crippen LogP contribution in [0, 0.1) is 6.92 Å². The van der Waals surface area contributed by atoms with Crippen molar-refractivity contribution in [2.45, 2.75) is 32.9 Å². The Morgan fingerprint density at radius 2 is 1.96 bits per heavy atom. The van der Waals surface area contributed by atoms with E-state index in [9.17, 15) is 5.11 Å². The first-order valence-corrected chi connectivity index (χ1v) is 8.43. The summed E-state index contributed by atoms with van der Waals surface area (Å²) in [6.07, 6.45) is 0. The summed E-state index contributed by atoms with van der Waals surface area (Å²) in [4.78, 5) is 13.0. The molecule has 0 aliphatic heterocycles. The number of furan rings is 1. The molecule has 0 fully saturated rings. The number of nitrogens with zero attached hydrogens (tertiary/aromatic N) is 6. The van der Waals surface area contributed by atoms with Crippen LogP contribution in [0.25, 0.3) is 22.6 Å². The first kappa shape index (κ1) is 17.1. The van der Waals surface area contributed by atoms with Crippen molar-refractivity contribution in [2.75, 3.05) is 5.73 Å². The van der Waals surface area contributed by atoms with Crippen LogP contribution in [0.2, 0.25) is 0 Å². The summed E-state index contributed by atoms with van der Waals surface area (Å²) in [5, 5.41) is 18.6. The van der Waals surface area contributed by atoms with Crippen molar-refractivity contribution < 1.29 is 9.52 Å². The Kier molecular flexibility index (Phi) is 3.88. The molecular formula is C18H19N7O2. The third-order valence-corrected chi connectivity index (χ3v) is 4.10. The molecule has 138 valence electrons. The van der Waals surface area contributed by atoms with Gasteiger partial charge in [-0.15, -0.1) is 5.10 Å². The minimum absolute atomic E-state index is 0.105. The SMILES string of the molecule is Cc1ccc(-c2nc(N)nc3c2nnn3Cc2cccc(C(C)(C)O)n2)o1. The normalized spacial score (nSPS) is 12.0. The van der Waals surface area contributed by atoms with Gasteiger partial charge in [0.2, 0.25) is 5.95 Å². The standard InChI is InChI=1S/C18H19N7O2/c1-10-7-8-12(27-10)14-15-16(22-17(19)21-14)25(24-23-15)9-11-5-4-6-13(20-11)18(2,3)26/h4-8,26H,9H2,1-3H3,(H2,19,21,22). The molecule has 9 heteroatoms. The molecule has 4 heterocycles. The summed E-state index contributed by atoms with van der Waals surface area (Å²) in [6, 6.07) is 9.12. The lowest BCUT2D eigenvalue weighted by Crippen LogP contribution is -2.18. The zero-order chi connectivity index (χ0) is 19.2. The zero-order valence-electron chi connectivity index (χ0n) is 15.2. The second-order valence-corrected chi connectivity index (χ2v) is 6.83. The third-order valence-electron chi connectivity index (χ3n) is 4.10. The van der Waals surface area contributed by atoms with Gasteiger partial charge in [0.15, 0.2) is 16.9 Å². The maximum atomic E-state index is 10.2. The average Bonchev–Trinajstić information content (AvgIpc) is 3.21. The molecule has 0 aliphatic rings. The Morgan fingerprint density at radius 3 is 2.67 bits per heavy atom. The van der Waals surface area contributed by atoms with Crippen LogP contribution in [0.1, 0.15) is 31.0 Å². The molecule has 4 rings (SSSR count). The second-order valence-electron chi connectivity index (χ2n) is 6.83. The maximum absolute atomic E-state index is 10.2. The molecule has 4 aromatic rings. The van der Waals surface area contributed by atoms with Crippen LogP contribution in [0.3, 0.4) is 0 Å². The lowest BCUT2D eigenvalue weighted by molar-refractivity contribution is 0.0736. The Balaban J connectivity index is 1.77. The molecular weight excluding hydrogens is 346 g/mol. The number of hydrogen-bond acceptors (Lipinski definition) is 8. The highest BCUT2D eigenvalue weighted by atomic mass is 16.3. The molecule has 0 bridgehead atoms. The summed E-state index contributed by atoms with van der Waals surface area (Å²) in [6.45, 7) is 5.56. The van der Waals surface area contributed by atoms with Crippen LogP contribution in [-0.4, -0.2) is 35.1 Å². The summed E-state index contributed by atoms with van der Waals surface area (Å²) >= 11 is 0. The van der Waals surface area contributed by atoms with Crippen molar-refractivity contribution >= 4 is 17.1 Å². The molecule has 0 aliphatic carbocycles. The number of pyridine rings is 1. The third kappa shape index (κ3) is 3.24. The lowest BCUT2D eigenvalue weighted by Gasteiger charge is -2.17. The molecule has 0 radical (unpaired) electrons. The van der Waals surface area contributed by atoms with Gasteiger partial charge >= 0.3 is 0 Å². The van der Waals surface area contributed by atoms with Crippen LogP contribution in [0.5, 0.6) is 0 Å². The van der Waals surface area contributed by atoms with Gasteiger partial charge < -0.3 is 15.3 Å². The lowest BCUT2D eigenvalue weighted by atomic mass is 10.0. The van der Waals surface area contributed by atoms with E-state index >= 15 is 0 Å². The fourth-order valence-corrected chi connectivity index (χ4v) is 2.77. The first-order valence-electron chi connectivity index (χ1n) is 8.43. The minimum atomic E-state index is -1.03. The van der Waals surface area contributed by atoms with Crippen molar-refractivity contribution in [3.63, 3.8) is 0 Å². The van der Waals surface area contributed by atoms with Crippen LogP contribution >= 0.6 is 0 Å². The molecule has 0 aromatic carbocycles. The Morgan fingerprint density at radius 1 is 1.15 bits per heavy atom. The van der Waals surface area contributed by atoms with E-state index in [0.717, 1.165) is 5.76 Å². The van der Waals surface area contributed by atoms with E-state index in [4.69, 9.17) is 10.2 Å². The number of aliphatic hydroxyl groups is 1. The fraction of sp³-hybridized carbons (Fsp3) is 0.278. The van der Waals surface area contributed by atoms with Crippen molar-refractivity contribution in [2.24, 2.45) is 0 Å². The van der Waals surface area contributed by atoms with E-state index in [1.165, 1.54) is 0 Å². The van der Waals surface area contributed by atoms with Gasteiger partial charge in [0.05, 0.1) is 17.9 Å². The number of aryl methyl sites for hydroxylation is 1. The number of fused-ring (bicyclic) bond motifs is 1. The first-order chi connectivity index (χ1) is 12.8. The molecule has 3 N–H and O–H groups in total. The van der Waals surface area contributed by atoms with Crippen molar-refractivity contribution in [1.82, 2.24) is 29.9 Å². The van der Waals surface area contributed by atoms with Gasteiger partial charge in [-0.1, -0.05) is 11.3 Å². The smallest absolute Gasteiger partial charge is 0.222 e. The second kappa shape index (κ2) is 6.13. The number of aromatic nitrogens is 6. The van der Waals surface area contributed by atoms with Gasteiger partial charge in [-0.25, -0.2) is 9.67 Å². The highest BCUT2D eigenvalue weighted by Gasteiger charge is 2.20. The van der Waals surface area contributed by atoms with E-state index in [-0.39, 0.29) is 5.95 Å². The molecule has 0 atom stereocenters. The number of rotatable bonds is 4. The highest BCUT2D eigenvalue weighted by molar-refractivity contribution is 5.86. The largest absolute Gasteiger partial charge is 0.460 e. The van der Waals surface area contributed by atoms with Crippen LogP contribution in [0.15, 0.2) is 34.7 Å². The summed E-state index contributed by atoms with van der Waals surface area (Å²) in [5.41, 5.74) is 7.63. The molecule has 0 saturated heterocycles. The van der Waals surface area contributed by atoms with Crippen molar-refractivity contribution in [3.8, 4) is 11.5 Å². The van der Waals surface area contributed by atoms with Gasteiger partial charge in [-0.2, -0.15) is 4.98 Å². The summed E-state index contributed by atoms with van der Waals surface area (Å²) < 4.78 is 7.25. The maximum Gasteiger partial charge on any atom is 0.222 e. The van der Waals surface area contributed by atoms with Gasteiger partial charge in [-0.3, -0.25) is 4.98 Å². The average molecular weight is 365 g/mol. The van der Waals surface area contributed by atoms with Gasteiger partial charge in [-0.05, 0) is 45.0 Å². The topological polar surface area (TPSA) is 129 Å². The Labute approximate surface area is 154 Å². The Bertz CT molecular complexity index is 1120. The molecule has 9 nitrogen and oxygen atoms in total. The quantitative estimate of drug-likeness (QED) is 0.562. The predicted octanol–water partition coefficient (Wildman–Crippen LogP) is 2.04. The number of anilines is 1. The molecule has 0 amide bonds. The number of nitrogens with two attached hydrogens (primary N) is 1. The van der Waals surface area contributed by atoms with Crippen molar-refractivity contribution in [3.05, 3.63) is 47.5 Å². The Hall–Kier alpha value is -3.33. The summed E-state index contributed by atoms with van der Waals surface area (Å²) in [7, 11) is 0. The predicted molar refractivity (Wildman–Crippen MR) is 98.6 cm³/mol. The summed E-state index contributed by atoms with van der Waals surface area (Å²) in [5.74, 6) is 1.42. The van der Waals surface area contributed by atoms with E-state index in [2.05, 4.69) is 25.3 Å². The van der Waals surface area contributed by atoms with Crippen LogP contribution in [-0.2, 0) is 12.1 Å². The van der Waals surface area contributed by atoms with Crippen molar-refractivity contribution in [1.29, 1.82) is 0 Å². The van der Waals surface area contributed by atoms with Gasteiger partial charge in [0.1, 0.15) is 17.1 Å². The minimum Gasteiger partial charge on any atom is -0.460 e. The van der Waals surface area contributed by atoms with E-state index in [1.54, 1.807) is 24.6 Å². The zero-order valence-corrected chi connectivity index (χ0v) is 15.2. The molecule has 0 unspecified atom stereocenters. The molecule has 4 aromatic heterocycles. The number of nitrogen functional groups attached to an aromatic ring is 1. The molecule has 0 saturated carbocycles. The van der Waals surface area contributed by atoms with E-state index < -0.39 is 5.60 Å². The molecule has 0 spiro atoms. The van der Waals surface area contributed by atoms with E-state index in [1.807, 2.05) is 31.2 Å². The number of hydrogen-bond donors (Lipinski definition) is 2. The van der Waals surface area contributed by atoms with Crippen LogP contribution < -0.4 is 5.73 Å². The molecule has 27 heavy (non-hydrogen) atoms. The monoisotopic (exact) mass is 365 g/mol.